The highest BCUT2D eigenvalue weighted by Crippen LogP contribution is 2.23. The van der Waals surface area contributed by atoms with E-state index in [-0.39, 0.29) is 0 Å². The van der Waals surface area contributed by atoms with E-state index in [1.54, 1.807) is 0 Å². The maximum absolute atomic E-state index is 4.18. The maximum Gasteiger partial charge on any atom is -0.0414 e. The fourth-order valence-electron chi connectivity index (χ4n) is 7.21. The standard InChI is InChI=1S/C43H87/c1-4-7-9-11-13-15-17-19-21-23-25-27-29-31-33-35-37-39-42-43(40-6-3)41-38-36-34-32-30-28-26-24-22-20-18-16-14-12-10-8-5-2/h43H,3-42H2,1-2H3. The molecule has 0 aromatic heterocycles. The van der Waals surface area contributed by atoms with Crippen LogP contribution in [0.3, 0.4) is 0 Å². The Morgan fingerprint density at radius 3 is 0.628 bits per heavy atom. The number of hydrogen-bond acceptors (Lipinski definition) is 0. The summed E-state index contributed by atoms with van der Waals surface area (Å²) in [5, 5.41) is 0. The van der Waals surface area contributed by atoms with Crippen LogP contribution in [0.5, 0.6) is 0 Å². The van der Waals surface area contributed by atoms with Crippen LogP contribution in [0.1, 0.15) is 264 Å². The molecule has 0 saturated carbocycles. The van der Waals surface area contributed by atoms with Gasteiger partial charge in [-0.2, -0.15) is 0 Å². The van der Waals surface area contributed by atoms with Crippen molar-refractivity contribution in [3.63, 3.8) is 0 Å². The van der Waals surface area contributed by atoms with Crippen LogP contribution in [0.4, 0.5) is 0 Å². The third-order valence-electron chi connectivity index (χ3n) is 10.3. The molecule has 1 atom stereocenters. The molecular weight excluding hydrogens is 516 g/mol. The quantitative estimate of drug-likeness (QED) is 0.0613. The molecule has 0 nitrogen and oxygen atoms in total. The predicted octanol–water partition coefficient (Wildman–Crippen LogP) is 16.7. The summed E-state index contributed by atoms with van der Waals surface area (Å²) in [7, 11) is 0. The Hall–Kier alpha value is 0. The Morgan fingerprint density at radius 2 is 0.442 bits per heavy atom. The highest BCUT2D eigenvalue weighted by atomic mass is 14.1. The fraction of sp³-hybridized carbons (Fsp3) is 0.977. The van der Waals surface area contributed by atoms with Crippen molar-refractivity contribution in [2.75, 3.05) is 0 Å². The van der Waals surface area contributed by atoms with Crippen molar-refractivity contribution < 1.29 is 0 Å². The van der Waals surface area contributed by atoms with E-state index in [2.05, 4.69) is 20.8 Å². The van der Waals surface area contributed by atoms with Crippen molar-refractivity contribution in [1.29, 1.82) is 0 Å². The van der Waals surface area contributed by atoms with E-state index in [4.69, 9.17) is 0 Å². The van der Waals surface area contributed by atoms with Crippen molar-refractivity contribution in [2.24, 2.45) is 5.92 Å². The molecule has 0 heterocycles. The summed E-state index contributed by atoms with van der Waals surface area (Å²) in [4.78, 5) is 0. The second-order valence-electron chi connectivity index (χ2n) is 14.8. The minimum atomic E-state index is 0.967. The van der Waals surface area contributed by atoms with Gasteiger partial charge in [-0.05, 0) is 5.92 Å². The largest absolute Gasteiger partial charge is 0.0654 e. The van der Waals surface area contributed by atoms with Gasteiger partial charge in [-0.3, -0.25) is 0 Å². The van der Waals surface area contributed by atoms with Crippen LogP contribution in [0.2, 0.25) is 0 Å². The first kappa shape index (κ1) is 43.0. The first-order valence-corrected chi connectivity index (χ1v) is 21.1. The molecule has 0 aromatic rings. The Kier molecular flexibility index (Phi) is 40.0. The Bertz CT molecular complexity index is 453. The molecule has 0 fully saturated rings. The molecule has 0 aliphatic heterocycles. The lowest BCUT2D eigenvalue weighted by Crippen LogP contribution is -2.00. The molecule has 1 radical (unpaired) electrons. The van der Waals surface area contributed by atoms with Gasteiger partial charge in [0.25, 0.3) is 0 Å². The lowest BCUT2D eigenvalue weighted by Gasteiger charge is -2.16. The summed E-state index contributed by atoms with van der Waals surface area (Å²) < 4.78 is 0. The number of hydrogen-bond donors (Lipinski definition) is 0. The van der Waals surface area contributed by atoms with Crippen LogP contribution in [0.25, 0.3) is 0 Å². The topological polar surface area (TPSA) is 0 Å². The summed E-state index contributed by atoms with van der Waals surface area (Å²) in [5.41, 5.74) is 0. The van der Waals surface area contributed by atoms with E-state index >= 15 is 0 Å². The molecule has 0 aliphatic carbocycles. The van der Waals surface area contributed by atoms with Crippen LogP contribution < -0.4 is 0 Å². The summed E-state index contributed by atoms with van der Waals surface area (Å²) in [6.45, 7) is 8.80. The van der Waals surface area contributed by atoms with Crippen LogP contribution in [0, 0.1) is 12.8 Å². The van der Waals surface area contributed by atoms with Gasteiger partial charge in [-0.25, -0.2) is 0 Å². The smallest absolute Gasteiger partial charge is 0.0414 e. The summed E-state index contributed by atoms with van der Waals surface area (Å²) in [5.74, 6) is 0.967. The van der Waals surface area contributed by atoms with Crippen LogP contribution in [-0.2, 0) is 0 Å². The van der Waals surface area contributed by atoms with E-state index in [0.717, 1.165) is 12.3 Å². The molecule has 0 spiro atoms. The van der Waals surface area contributed by atoms with Crippen molar-refractivity contribution in [3.8, 4) is 0 Å². The van der Waals surface area contributed by atoms with Gasteiger partial charge in [-0.15, -0.1) is 0 Å². The minimum absolute atomic E-state index is 0.967. The third kappa shape index (κ3) is 38.1. The van der Waals surface area contributed by atoms with Crippen LogP contribution in [-0.4, -0.2) is 0 Å². The predicted molar refractivity (Wildman–Crippen MR) is 200 cm³/mol. The van der Waals surface area contributed by atoms with Gasteiger partial charge in [0.05, 0.1) is 0 Å². The summed E-state index contributed by atoms with van der Waals surface area (Å²) >= 11 is 0. The summed E-state index contributed by atoms with van der Waals surface area (Å²) in [6, 6.07) is 0. The van der Waals surface area contributed by atoms with E-state index < -0.39 is 0 Å². The zero-order valence-electron chi connectivity index (χ0n) is 30.9. The van der Waals surface area contributed by atoms with Gasteiger partial charge in [0.2, 0.25) is 0 Å². The van der Waals surface area contributed by atoms with Crippen molar-refractivity contribution in [2.45, 2.75) is 264 Å². The first-order valence-electron chi connectivity index (χ1n) is 21.1. The SMILES string of the molecule is [CH2]CCC(CCCCCCCCCCCCCCCCCCC)CCCCCCCCCCCCCCCCCCCC. The fourth-order valence-corrected chi connectivity index (χ4v) is 7.21. The average molecular weight is 604 g/mol. The first-order chi connectivity index (χ1) is 21.3. The van der Waals surface area contributed by atoms with Gasteiger partial charge in [0.1, 0.15) is 0 Å². The number of rotatable bonds is 39. The molecule has 0 N–H and O–H groups in total. The zero-order valence-corrected chi connectivity index (χ0v) is 30.9. The molecule has 0 heteroatoms. The highest BCUT2D eigenvalue weighted by molar-refractivity contribution is 4.62. The van der Waals surface area contributed by atoms with Crippen molar-refractivity contribution in [3.05, 3.63) is 6.92 Å². The van der Waals surface area contributed by atoms with E-state index in [0.29, 0.717) is 0 Å². The van der Waals surface area contributed by atoms with E-state index in [1.165, 1.54) is 244 Å². The lowest BCUT2D eigenvalue weighted by atomic mass is 9.90. The van der Waals surface area contributed by atoms with E-state index in [1.807, 2.05) is 0 Å². The molecule has 0 aliphatic rings. The second kappa shape index (κ2) is 40.0. The minimum Gasteiger partial charge on any atom is -0.0654 e. The molecular formula is C43H87. The monoisotopic (exact) mass is 604 g/mol. The van der Waals surface area contributed by atoms with Crippen molar-refractivity contribution in [1.82, 2.24) is 0 Å². The van der Waals surface area contributed by atoms with E-state index in [9.17, 15) is 0 Å². The second-order valence-corrected chi connectivity index (χ2v) is 14.8. The van der Waals surface area contributed by atoms with Gasteiger partial charge in [0, 0.05) is 0 Å². The number of unbranched alkanes of at least 4 members (excludes halogenated alkanes) is 33. The molecule has 259 valence electrons. The summed E-state index contributed by atoms with van der Waals surface area (Å²) in [6.07, 6.45) is 57.1. The third-order valence-corrected chi connectivity index (χ3v) is 10.3. The van der Waals surface area contributed by atoms with Crippen LogP contribution >= 0.6 is 0 Å². The highest BCUT2D eigenvalue weighted by Gasteiger charge is 2.07. The average Bonchev–Trinajstić information content (AvgIpc) is 3.01. The Labute approximate surface area is 276 Å². The molecule has 0 aromatic carbocycles. The Morgan fingerprint density at radius 1 is 0.256 bits per heavy atom. The molecule has 0 rings (SSSR count). The molecule has 0 amide bonds. The van der Waals surface area contributed by atoms with Gasteiger partial charge >= 0.3 is 0 Å². The zero-order chi connectivity index (χ0) is 31.2. The van der Waals surface area contributed by atoms with Crippen LogP contribution in [0.15, 0.2) is 0 Å². The van der Waals surface area contributed by atoms with Gasteiger partial charge in [0.15, 0.2) is 0 Å². The molecule has 0 saturated heterocycles. The Balaban J connectivity index is 3.34. The van der Waals surface area contributed by atoms with Gasteiger partial charge < -0.3 is 0 Å². The lowest BCUT2D eigenvalue weighted by molar-refractivity contribution is 0.381. The molecule has 43 heavy (non-hydrogen) atoms. The van der Waals surface area contributed by atoms with Crippen molar-refractivity contribution >= 4 is 0 Å². The molecule has 0 bridgehead atoms. The maximum atomic E-state index is 4.18. The molecule has 1 unspecified atom stereocenters. The van der Waals surface area contributed by atoms with Gasteiger partial charge in [-0.1, -0.05) is 271 Å². The normalized spacial score (nSPS) is 12.3.